The summed E-state index contributed by atoms with van der Waals surface area (Å²) in [5.74, 6) is 0. The molecule has 2 aromatic carbocycles. The number of hydrogen-bond donors (Lipinski definition) is 0. The van der Waals surface area contributed by atoms with Crippen LogP contribution in [0.3, 0.4) is 0 Å². The summed E-state index contributed by atoms with van der Waals surface area (Å²) in [6, 6.07) is 15.4. The van der Waals surface area contributed by atoms with E-state index >= 15 is 0 Å². The number of nitrogens with zero attached hydrogens (tertiary/aromatic N) is 1. The lowest BCUT2D eigenvalue weighted by Crippen LogP contribution is -1.78. The molecule has 0 aliphatic heterocycles. The molecule has 0 radical (unpaired) electrons. The van der Waals surface area contributed by atoms with Crippen LogP contribution in [0.15, 0.2) is 58.0 Å². The second-order valence-corrected chi connectivity index (χ2v) is 4.64. The van der Waals surface area contributed by atoms with Crippen molar-refractivity contribution in [2.75, 3.05) is 0 Å². The summed E-state index contributed by atoms with van der Waals surface area (Å²) in [6.45, 7) is 0. The summed E-state index contributed by atoms with van der Waals surface area (Å²) >= 11 is 9.18. The van der Waals surface area contributed by atoms with E-state index in [0.29, 0.717) is 0 Å². The van der Waals surface area contributed by atoms with Crippen LogP contribution in [0.4, 0.5) is 5.69 Å². The van der Waals surface area contributed by atoms with E-state index in [-0.39, 0.29) is 0 Å². The molecule has 0 fully saturated rings. The van der Waals surface area contributed by atoms with Gasteiger partial charge in [-0.2, -0.15) is 0 Å². The molecule has 0 atom stereocenters. The zero-order valence-corrected chi connectivity index (χ0v) is 10.7. The smallest absolute Gasteiger partial charge is 0.0630 e. The lowest BCUT2D eigenvalue weighted by Gasteiger charge is -1.95. The van der Waals surface area contributed by atoms with Crippen molar-refractivity contribution in [1.82, 2.24) is 0 Å². The van der Waals surface area contributed by atoms with E-state index in [2.05, 4.69) is 20.9 Å². The summed E-state index contributed by atoms with van der Waals surface area (Å²) in [5, 5.41) is 0.737. The van der Waals surface area contributed by atoms with Gasteiger partial charge in [0.25, 0.3) is 0 Å². The average Bonchev–Trinajstić information content (AvgIpc) is 2.30. The fourth-order valence-electron chi connectivity index (χ4n) is 1.23. The minimum atomic E-state index is 0.737. The summed E-state index contributed by atoms with van der Waals surface area (Å²) in [7, 11) is 0. The van der Waals surface area contributed by atoms with Crippen LogP contribution in [0.5, 0.6) is 0 Å². The topological polar surface area (TPSA) is 12.4 Å². The van der Waals surface area contributed by atoms with E-state index in [1.807, 2.05) is 54.7 Å². The van der Waals surface area contributed by atoms with Crippen molar-refractivity contribution >= 4 is 39.4 Å². The molecule has 0 aromatic heterocycles. The third-order valence-corrected chi connectivity index (χ3v) is 2.84. The van der Waals surface area contributed by atoms with Crippen LogP contribution >= 0.6 is 27.5 Å². The van der Waals surface area contributed by atoms with Crippen molar-refractivity contribution < 1.29 is 0 Å². The minimum Gasteiger partial charge on any atom is -0.256 e. The zero-order valence-electron chi connectivity index (χ0n) is 8.40. The number of benzene rings is 2. The van der Waals surface area contributed by atoms with Gasteiger partial charge in [-0.15, -0.1) is 0 Å². The normalized spacial score (nSPS) is 10.9. The lowest BCUT2D eigenvalue weighted by atomic mass is 10.2. The van der Waals surface area contributed by atoms with Gasteiger partial charge in [-0.05, 0) is 42.0 Å². The predicted molar refractivity (Wildman–Crippen MR) is 72.8 cm³/mol. The van der Waals surface area contributed by atoms with Gasteiger partial charge in [0.05, 0.1) is 5.69 Å². The Morgan fingerprint density at radius 2 is 1.56 bits per heavy atom. The van der Waals surface area contributed by atoms with Gasteiger partial charge in [0.1, 0.15) is 0 Å². The Labute approximate surface area is 108 Å². The highest BCUT2D eigenvalue weighted by molar-refractivity contribution is 9.10. The fourth-order valence-corrected chi connectivity index (χ4v) is 1.62. The lowest BCUT2D eigenvalue weighted by molar-refractivity contribution is 1.51. The first-order valence-corrected chi connectivity index (χ1v) is 5.96. The van der Waals surface area contributed by atoms with Crippen molar-refractivity contribution in [3.63, 3.8) is 0 Å². The SMILES string of the molecule is Clc1ccc(C=Nc2ccc(Br)cc2)cc1. The largest absolute Gasteiger partial charge is 0.256 e. The molecule has 3 heteroatoms. The molecule has 2 rings (SSSR count). The van der Waals surface area contributed by atoms with Crippen molar-refractivity contribution in [3.05, 3.63) is 63.6 Å². The standard InChI is InChI=1S/C13H9BrClN/c14-11-3-7-13(8-4-11)16-9-10-1-5-12(15)6-2-10/h1-9H. The molecule has 0 bridgehead atoms. The molecule has 0 aliphatic carbocycles. The van der Waals surface area contributed by atoms with Gasteiger partial charge >= 0.3 is 0 Å². The molecule has 0 saturated heterocycles. The van der Waals surface area contributed by atoms with Crippen LogP contribution in [0.1, 0.15) is 5.56 Å². The molecule has 16 heavy (non-hydrogen) atoms. The molecule has 0 heterocycles. The third-order valence-electron chi connectivity index (χ3n) is 2.06. The number of rotatable bonds is 2. The molecule has 1 nitrogen and oxygen atoms in total. The summed E-state index contributed by atoms with van der Waals surface area (Å²) in [5.41, 5.74) is 1.96. The molecule has 80 valence electrons. The Morgan fingerprint density at radius 3 is 2.19 bits per heavy atom. The summed E-state index contributed by atoms with van der Waals surface area (Å²) in [6.07, 6.45) is 1.82. The van der Waals surface area contributed by atoms with Gasteiger partial charge < -0.3 is 0 Å². The molecule has 0 spiro atoms. The fraction of sp³-hybridized carbons (Fsp3) is 0. The average molecular weight is 295 g/mol. The second kappa shape index (κ2) is 5.28. The van der Waals surface area contributed by atoms with E-state index in [1.54, 1.807) is 0 Å². The number of aliphatic imine (C=N–C) groups is 1. The first kappa shape index (κ1) is 11.4. The second-order valence-electron chi connectivity index (χ2n) is 3.29. The number of hydrogen-bond acceptors (Lipinski definition) is 1. The van der Waals surface area contributed by atoms with Crippen molar-refractivity contribution in [1.29, 1.82) is 0 Å². The molecule has 0 aliphatic rings. The molecular weight excluding hydrogens is 286 g/mol. The highest BCUT2D eigenvalue weighted by atomic mass is 79.9. The van der Waals surface area contributed by atoms with Gasteiger partial charge in [0, 0.05) is 15.7 Å². The van der Waals surface area contributed by atoms with E-state index in [1.165, 1.54) is 0 Å². The van der Waals surface area contributed by atoms with Crippen LogP contribution in [0, 0.1) is 0 Å². The van der Waals surface area contributed by atoms with E-state index < -0.39 is 0 Å². The van der Waals surface area contributed by atoms with Crippen LogP contribution < -0.4 is 0 Å². The molecule has 0 unspecified atom stereocenters. The van der Waals surface area contributed by atoms with Crippen molar-refractivity contribution in [3.8, 4) is 0 Å². The van der Waals surface area contributed by atoms with Crippen molar-refractivity contribution in [2.24, 2.45) is 4.99 Å². The van der Waals surface area contributed by atoms with Crippen LogP contribution in [-0.2, 0) is 0 Å². The summed E-state index contributed by atoms with van der Waals surface area (Å²) < 4.78 is 1.05. The first-order valence-electron chi connectivity index (χ1n) is 4.79. The highest BCUT2D eigenvalue weighted by Crippen LogP contribution is 2.17. The molecular formula is C13H9BrClN. The maximum absolute atomic E-state index is 5.80. The van der Waals surface area contributed by atoms with Crippen LogP contribution in [0.25, 0.3) is 0 Å². The van der Waals surface area contributed by atoms with Gasteiger partial charge in [-0.1, -0.05) is 39.7 Å². The summed E-state index contributed by atoms with van der Waals surface area (Å²) in [4.78, 5) is 4.36. The molecule has 2 aromatic rings. The first-order chi connectivity index (χ1) is 7.74. The molecule has 0 saturated carbocycles. The van der Waals surface area contributed by atoms with E-state index in [4.69, 9.17) is 11.6 Å². The quantitative estimate of drug-likeness (QED) is 0.702. The third kappa shape index (κ3) is 3.19. The molecule has 0 amide bonds. The maximum Gasteiger partial charge on any atom is 0.0630 e. The zero-order chi connectivity index (χ0) is 11.4. The van der Waals surface area contributed by atoms with Crippen LogP contribution in [-0.4, -0.2) is 6.21 Å². The predicted octanol–water partition coefficient (Wildman–Crippen LogP) is 4.85. The minimum absolute atomic E-state index is 0.737. The van der Waals surface area contributed by atoms with Gasteiger partial charge in [0.2, 0.25) is 0 Å². The Balaban J connectivity index is 2.15. The Morgan fingerprint density at radius 1 is 0.938 bits per heavy atom. The van der Waals surface area contributed by atoms with Gasteiger partial charge in [0.15, 0.2) is 0 Å². The van der Waals surface area contributed by atoms with E-state index in [0.717, 1.165) is 20.7 Å². The number of halogens is 2. The van der Waals surface area contributed by atoms with E-state index in [9.17, 15) is 0 Å². The monoisotopic (exact) mass is 293 g/mol. The Bertz CT molecular complexity index is 441. The Hall–Kier alpha value is -1.12. The Kier molecular flexibility index (Phi) is 3.75. The molecule has 0 N–H and O–H groups in total. The van der Waals surface area contributed by atoms with Gasteiger partial charge in [-0.3, -0.25) is 4.99 Å². The maximum atomic E-state index is 5.80. The van der Waals surface area contributed by atoms with Crippen LogP contribution in [0.2, 0.25) is 5.02 Å². The highest BCUT2D eigenvalue weighted by Gasteiger charge is 1.90. The van der Waals surface area contributed by atoms with Crippen molar-refractivity contribution in [2.45, 2.75) is 0 Å². The van der Waals surface area contributed by atoms with Gasteiger partial charge in [-0.25, -0.2) is 0 Å².